The zero-order valence-electron chi connectivity index (χ0n) is 10.9. The minimum atomic E-state index is -0.369. The average Bonchev–Trinajstić information content (AvgIpc) is 2.27. The van der Waals surface area contributed by atoms with Crippen molar-refractivity contribution < 1.29 is 9.90 Å². The number of carbonyl (C=O) groups excluding carboxylic acids is 1. The molecule has 3 N–H and O–H groups in total. The van der Waals surface area contributed by atoms with Gasteiger partial charge in [0.05, 0.1) is 12.1 Å². The van der Waals surface area contributed by atoms with Crippen molar-refractivity contribution in [2.75, 3.05) is 13.1 Å². The molecular weight excluding hydrogens is 204 g/mol. The first-order valence-corrected chi connectivity index (χ1v) is 6.25. The van der Waals surface area contributed by atoms with E-state index in [0.717, 1.165) is 12.8 Å². The van der Waals surface area contributed by atoms with Gasteiger partial charge >= 0.3 is 0 Å². The van der Waals surface area contributed by atoms with Crippen LogP contribution in [0.4, 0.5) is 0 Å². The summed E-state index contributed by atoms with van der Waals surface area (Å²) >= 11 is 0. The number of nitrogens with one attached hydrogen (secondary N) is 2. The zero-order valence-corrected chi connectivity index (χ0v) is 10.9. The van der Waals surface area contributed by atoms with E-state index in [-0.39, 0.29) is 18.1 Å². The third kappa shape index (κ3) is 5.47. The fourth-order valence-corrected chi connectivity index (χ4v) is 1.72. The summed E-state index contributed by atoms with van der Waals surface area (Å²) in [7, 11) is 0. The van der Waals surface area contributed by atoms with Crippen molar-refractivity contribution >= 4 is 5.91 Å². The van der Waals surface area contributed by atoms with Gasteiger partial charge < -0.3 is 15.7 Å². The molecule has 0 rings (SSSR count). The Labute approximate surface area is 98.8 Å². The molecule has 0 aliphatic heterocycles. The molecule has 0 aliphatic rings. The number of carbonyl (C=O) groups is 1. The van der Waals surface area contributed by atoms with Gasteiger partial charge in [0.2, 0.25) is 5.91 Å². The van der Waals surface area contributed by atoms with E-state index < -0.39 is 0 Å². The normalized spacial score (nSPS) is 14.9. The number of likely N-dealkylation sites (N-methyl/N-ethyl adjacent to an activating group) is 1. The Bertz CT molecular complexity index is 193. The minimum absolute atomic E-state index is 0.0146. The molecule has 2 unspecified atom stereocenters. The van der Waals surface area contributed by atoms with Crippen LogP contribution >= 0.6 is 0 Å². The topological polar surface area (TPSA) is 61.4 Å². The average molecular weight is 230 g/mol. The summed E-state index contributed by atoms with van der Waals surface area (Å²) in [6.07, 6.45) is 1.57. The molecular formula is C12H26N2O2. The summed E-state index contributed by atoms with van der Waals surface area (Å²) in [5.74, 6) is 0.299. The molecule has 16 heavy (non-hydrogen) atoms. The maximum absolute atomic E-state index is 11.4. The molecule has 0 radical (unpaired) electrons. The van der Waals surface area contributed by atoms with Gasteiger partial charge in [-0.05, 0) is 19.8 Å². The van der Waals surface area contributed by atoms with Crippen LogP contribution in [0.15, 0.2) is 0 Å². The summed E-state index contributed by atoms with van der Waals surface area (Å²) in [5.41, 5.74) is 0. The van der Waals surface area contributed by atoms with E-state index in [4.69, 9.17) is 0 Å². The third-order valence-electron chi connectivity index (χ3n) is 2.97. The standard InChI is InChI=1S/C12H26N2O2/c1-5-10(6-2)11(15)8-14-9(4)12(16)13-7-3/h9-11,14-15H,5-8H2,1-4H3,(H,13,16). The summed E-state index contributed by atoms with van der Waals surface area (Å²) < 4.78 is 0. The molecule has 1 amide bonds. The second-order valence-electron chi connectivity index (χ2n) is 4.17. The largest absolute Gasteiger partial charge is 0.392 e. The molecule has 0 fully saturated rings. The van der Waals surface area contributed by atoms with E-state index in [0.29, 0.717) is 19.0 Å². The van der Waals surface area contributed by atoms with Gasteiger partial charge in [-0.3, -0.25) is 4.79 Å². The lowest BCUT2D eigenvalue weighted by molar-refractivity contribution is -0.122. The Morgan fingerprint density at radius 3 is 2.25 bits per heavy atom. The number of aliphatic hydroxyl groups is 1. The summed E-state index contributed by atoms with van der Waals surface area (Å²) in [6, 6.07) is -0.246. The molecule has 0 bridgehead atoms. The van der Waals surface area contributed by atoms with Crippen LogP contribution in [0, 0.1) is 5.92 Å². The molecule has 0 aromatic carbocycles. The van der Waals surface area contributed by atoms with Crippen LogP contribution in [0.1, 0.15) is 40.5 Å². The zero-order chi connectivity index (χ0) is 12.6. The van der Waals surface area contributed by atoms with Crippen molar-refractivity contribution in [3.8, 4) is 0 Å². The van der Waals surface area contributed by atoms with Gasteiger partial charge in [-0.15, -0.1) is 0 Å². The molecule has 0 saturated heterocycles. The molecule has 0 aromatic heterocycles. The van der Waals surface area contributed by atoms with Crippen molar-refractivity contribution in [2.24, 2.45) is 5.92 Å². The fraction of sp³-hybridized carbons (Fsp3) is 0.917. The van der Waals surface area contributed by atoms with Gasteiger partial charge in [-0.1, -0.05) is 26.7 Å². The lowest BCUT2D eigenvalue weighted by Gasteiger charge is -2.22. The monoisotopic (exact) mass is 230 g/mol. The Morgan fingerprint density at radius 2 is 1.81 bits per heavy atom. The molecule has 2 atom stereocenters. The van der Waals surface area contributed by atoms with Crippen LogP contribution in [-0.2, 0) is 4.79 Å². The molecule has 0 saturated carbocycles. The van der Waals surface area contributed by atoms with Gasteiger partial charge in [0.15, 0.2) is 0 Å². The van der Waals surface area contributed by atoms with Gasteiger partial charge in [0.25, 0.3) is 0 Å². The highest BCUT2D eigenvalue weighted by Crippen LogP contribution is 2.12. The maximum Gasteiger partial charge on any atom is 0.236 e. The van der Waals surface area contributed by atoms with Crippen molar-refractivity contribution in [1.82, 2.24) is 10.6 Å². The first kappa shape index (κ1) is 15.4. The van der Waals surface area contributed by atoms with Crippen LogP contribution in [0.25, 0.3) is 0 Å². The van der Waals surface area contributed by atoms with Crippen LogP contribution in [0.2, 0.25) is 0 Å². The Hall–Kier alpha value is -0.610. The molecule has 0 aliphatic carbocycles. The van der Waals surface area contributed by atoms with Gasteiger partial charge in [-0.25, -0.2) is 0 Å². The SMILES string of the molecule is CCNC(=O)C(C)NCC(O)C(CC)CC. The summed E-state index contributed by atoms with van der Waals surface area (Å²) in [6.45, 7) is 8.97. The first-order chi connectivity index (χ1) is 7.56. The summed E-state index contributed by atoms with van der Waals surface area (Å²) in [5, 5.41) is 15.7. The van der Waals surface area contributed by atoms with E-state index in [9.17, 15) is 9.90 Å². The van der Waals surface area contributed by atoms with Crippen molar-refractivity contribution in [2.45, 2.75) is 52.7 Å². The lowest BCUT2D eigenvalue weighted by atomic mass is 9.96. The Balaban J connectivity index is 3.90. The van der Waals surface area contributed by atoms with Crippen LogP contribution in [0.3, 0.4) is 0 Å². The number of hydrogen-bond acceptors (Lipinski definition) is 3. The lowest BCUT2D eigenvalue weighted by Crippen LogP contribution is -2.45. The van der Waals surface area contributed by atoms with Gasteiger partial charge in [0, 0.05) is 13.1 Å². The maximum atomic E-state index is 11.4. The fourth-order valence-electron chi connectivity index (χ4n) is 1.72. The smallest absolute Gasteiger partial charge is 0.236 e. The predicted octanol–water partition coefficient (Wildman–Crippen LogP) is 0.898. The molecule has 96 valence electrons. The predicted molar refractivity (Wildman–Crippen MR) is 66.2 cm³/mol. The highest BCUT2D eigenvalue weighted by atomic mass is 16.3. The Kier molecular flexibility index (Phi) is 8.21. The highest BCUT2D eigenvalue weighted by molar-refractivity contribution is 5.81. The van der Waals surface area contributed by atoms with E-state index in [1.165, 1.54) is 0 Å². The van der Waals surface area contributed by atoms with E-state index in [1.54, 1.807) is 0 Å². The number of rotatable bonds is 8. The molecule has 0 heterocycles. The first-order valence-electron chi connectivity index (χ1n) is 6.25. The minimum Gasteiger partial charge on any atom is -0.392 e. The summed E-state index contributed by atoms with van der Waals surface area (Å²) in [4.78, 5) is 11.4. The van der Waals surface area contributed by atoms with E-state index in [1.807, 2.05) is 13.8 Å². The molecule has 4 nitrogen and oxygen atoms in total. The molecule has 4 heteroatoms. The van der Waals surface area contributed by atoms with Crippen molar-refractivity contribution in [3.63, 3.8) is 0 Å². The van der Waals surface area contributed by atoms with Crippen LogP contribution in [-0.4, -0.2) is 36.2 Å². The third-order valence-corrected chi connectivity index (χ3v) is 2.97. The molecule has 0 aromatic rings. The molecule has 0 spiro atoms. The number of hydrogen-bond donors (Lipinski definition) is 3. The highest BCUT2D eigenvalue weighted by Gasteiger charge is 2.18. The van der Waals surface area contributed by atoms with Crippen molar-refractivity contribution in [1.29, 1.82) is 0 Å². The number of amides is 1. The van der Waals surface area contributed by atoms with Gasteiger partial charge in [0.1, 0.15) is 0 Å². The second-order valence-corrected chi connectivity index (χ2v) is 4.17. The van der Waals surface area contributed by atoms with E-state index in [2.05, 4.69) is 24.5 Å². The quantitative estimate of drug-likeness (QED) is 0.580. The second kappa shape index (κ2) is 8.53. The number of aliphatic hydroxyl groups excluding tert-OH is 1. The van der Waals surface area contributed by atoms with E-state index >= 15 is 0 Å². The van der Waals surface area contributed by atoms with Gasteiger partial charge in [-0.2, -0.15) is 0 Å². The van der Waals surface area contributed by atoms with Crippen LogP contribution < -0.4 is 10.6 Å². The Morgan fingerprint density at radius 1 is 1.25 bits per heavy atom. The van der Waals surface area contributed by atoms with Crippen molar-refractivity contribution in [3.05, 3.63) is 0 Å². The van der Waals surface area contributed by atoms with Crippen LogP contribution in [0.5, 0.6) is 0 Å².